The minimum Gasteiger partial charge on any atom is -0.508 e. The number of carbonyl (C=O) groups excluding carboxylic acids is 1. The number of esters is 1. The molecule has 0 amide bonds. The monoisotopic (exact) mass is 424 g/mol. The molecule has 2 aliphatic heterocycles. The number of carbonyl (C=O) groups is 1. The van der Waals surface area contributed by atoms with Crippen molar-refractivity contribution in [3.63, 3.8) is 0 Å². The molecule has 0 bridgehead atoms. The van der Waals surface area contributed by atoms with Crippen LogP contribution in [-0.4, -0.2) is 42.7 Å². The van der Waals surface area contributed by atoms with Crippen LogP contribution in [-0.2, 0) is 4.74 Å². The van der Waals surface area contributed by atoms with E-state index in [-0.39, 0.29) is 28.4 Å². The third-order valence-electron chi connectivity index (χ3n) is 5.61. The van der Waals surface area contributed by atoms with Crippen LogP contribution in [0.1, 0.15) is 39.1 Å². The van der Waals surface area contributed by atoms with Crippen molar-refractivity contribution in [2.45, 2.75) is 18.1 Å². The van der Waals surface area contributed by atoms with Gasteiger partial charge in [-0.15, -0.1) is 0 Å². The maximum Gasteiger partial charge on any atom is 0.339 e. The first-order chi connectivity index (χ1) is 14.8. The Morgan fingerprint density at radius 3 is 2.26 bits per heavy atom. The molecule has 9 heteroatoms. The lowest BCUT2D eigenvalue weighted by Gasteiger charge is -2.42. The molecule has 0 fully saturated rings. The fourth-order valence-corrected chi connectivity index (χ4v) is 4.19. The minimum atomic E-state index is -1.03. The van der Waals surface area contributed by atoms with Crippen LogP contribution in [0.15, 0.2) is 42.5 Å². The van der Waals surface area contributed by atoms with Crippen molar-refractivity contribution in [3.05, 3.63) is 64.7 Å². The predicted octanol–water partition coefficient (Wildman–Crippen LogP) is 2.72. The van der Waals surface area contributed by atoms with E-state index in [4.69, 9.17) is 9.47 Å². The fourth-order valence-electron chi connectivity index (χ4n) is 4.19. The molecule has 3 aromatic rings. The maximum atomic E-state index is 12.7. The zero-order chi connectivity index (χ0) is 22.0. The van der Waals surface area contributed by atoms with Gasteiger partial charge < -0.3 is 40.1 Å². The summed E-state index contributed by atoms with van der Waals surface area (Å²) in [6.07, 6.45) is -2.02. The van der Waals surface area contributed by atoms with Gasteiger partial charge in [0.1, 0.15) is 11.5 Å². The van der Waals surface area contributed by atoms with E-state index in [0.29, 0.717) is 11.1 Å². The third-order valence-corrected chi connectivity index (χ3v) is 5.61. The largest absolute Gasteiger partial charge is 0.508 e. The summed E-state index contributed by atoms with van der Waals surface area (Å²) in [4.78, 5) is 12.7. The number of phenolic OH excluding ortho intramolecular Hbond substituents is 6. The molecule has 3 aromatic carbocycles. The predicted molar refractivity (Wildman–Crippen MR) is 104 cm³/mol. The van der Waals surface area contributed by atoms with Crippen LogP contribution in [0.2, 0.25) is 0 Å². The second-order valence-corrected chi connectivity index (χ2v) is 7.41. The van der Waals surface area contributed by atoms with Gasteiger partial charge in [0.15, 0.2) is 35.2 Å². The molecule has 0 radical (unpaired) electrons. The Bertz CT molecular complexity index is 1250. The van der Waals surface area contributed by atoms with E-state index in [9.17, 15) is 35.4 Å². The Morgan fingerprint density at radius 2 is 1.52 bits per heavy atom. The number of hydrogen-bond donors (Lipinski definition) is 6. The van der Waals surface area contributed by atoms with Crippen molar-refractivity contribution in [2.75, 3.05) is 0 Å². The highest BCUT2D eigenvalue weighted by Crippen LogP contribution is 2.55. The van der Waals surface area contributed by atoms with E-state index in [1.54, 1.807) is 6.07 Å². The first-order valence-corrected chi connectivity index (χ1v) is 9.26. The maximum absolute atomic E-state index is 12.7. The van der Waals surface area contributed by atoms with Crippen LogP contribution >= 0.6 is 0 Å². The van der Waals surface area contributed by atoms with Crippen LogP contribution in [0, 0.1) is 0 Å². The van der Waals surface area contributed by atoms with Crippen LogP contribution in [0.3, 0.4) is 0 Å². The van der Waals surface area contributed by atoms with Gasteiger partial charge in [-0.2, -0.15) is 0 Å². The summed E-state index contributed by atoms with van der Waals surface area (Å²) in [6, 6.07) is 9.29. The normalized spacial score (nSPS) is 21.3. The summed E-state index contributed by atoms with van der Waals surface area (Å²) in [5.41, 5.74) is 0.747. The fraction of sp³-hybridized carbons (Fsp3) is 0.136. The lowest BCUT2D eigenvalue weighted by molar-refractivity contribution is -0.0326. The number of aromatic hydroxyl groups is 6. The van der Waals surface area contributed by atoms with Crippen LogP contribution < -0.4 is 4.74 Å². The molecule has 9 nitrogen and oxygen atoms in total. The first-order valence-electron chi connectivity index (χ1n) is 9.26. The molecule has 2 aliphatic rings. The van der Waals surface area contributed by atoms with Gasteiger partial charge in [-0.3, -0.25) is 0 Å². The van der Waals surface area contributed by atoms with E-state index in [1.165, 1.54) is 30.3 Å². The molecule has 6 N–H and O–H groups in total. The molecule has 0 aromatic heterocycles. The molecule has 0 saturated heterocycles. The average molecular weight is 424 g/mol. The molecule has 158 valence electrons. The Balaban J connectivity index is 1.77. The molecular weight excluding hydrogens is 408 g/mol. The smallest absolute Gasteiger partial charge is 0.339 e. The van der Waals surface area contributed by atoms with Gasteiger partial charge in [0.25, 0.3) is 0 Å². The van der Waals surface area contributed by atoms with Gasteiger partial charge in [-0.1, -0.05) is 12.1 Å². The highest BCUT2D eigenvalue weighted by Gasteiger charge is 2.49. The number of benzene rings is 3. The zero-order valence-electron chi connectivity index (χ0n) is 15.7. The number of phenols is 6. The third kappa shape index (κ3) is 2.67. The van der Waals surface area contributed by atoms with Crippen molar-refractivity contribution in [2.24, 2.45) is 0 Å². The molecular formula is C22H16O9. The highest BCUT2D eigenvalue weighted by atomic mass is 16.6. The highest BCUT2D eigenvalue weighted by molar-refractivity contribution is 5.95. The number of rotatable bonds is 1. The van der Waals surface area contributed by atoms with Crippen molar-refractivity contribution in [1.82, 2.24) is 0 Å². The Morgan fingerprint density at radius 1 is 0.742 bits per heavy atom. The van der Waals surface area contributed by atoms with E-state index in [1.807, 2.05) is 0 Å². The van der Waals surface area contributed by atoms with E-state index >= 15 is 0 Å². The van der Waals surface area contributed by atoms with Gasteiger partial charge in [0.05, 0.1) is 11.5 Å². The van der Waals surface area contributed by atoms with E-state index in [0.717, 1.165) is 6.07 Å². The number of fused-ring (bicyclic) bond motifs is 5. The quantitative estimate of drug-likeness (QED) is 0.255. The van der Waals surface area contributed by atoms with Crippen molar-refractivity contribution in [1.29, 1.82) is 0 Å². The Hall–Kier alpha value is -4.27. The number of hydrogen-bond acceptors (Lipinski definition) is 9. The molecule has 3 atom stereocenters. The van der Waals surface area contributed by atoms with Crippen molar-refractivity contribution < 1.29 is 44.9 Å². The van der Waals surface area contributed by atoms with Crippen LogP contribution in [0.5, 0.6) is 40.2 Å². The summed E-state index contributed by atoms with van der Waals surface area (Å²) in [5.74, 6) is -4.42. The lowest BCUT2D eigenvalue weighted by atomic mass is 9.76. The summed E-state index contributed by atoms with van der Waals surface area (Å²) in [7, 11) is 0. The summed E-state index contributed by atoms with van der Waals surface area (Å²) < 4.78 is 11.6. The number of ether oxygens (including phenoxy) is 2. The van der Waals surface area contributed by atoms with E-state index in [2.05, 4.69) is 0 Å². The molecule has 0 spiro atoms. The van der Waals surface area contributed by atoms with Gasteiger partial charge >= 0.3 is 5.97 Å². The van der Waals surface area contributed by atoms with Gasteiger partial charge in [-0.05, 0) is 24.3 Å². The second kappa shape index (κ2) is 6.36. The van der Waals surface area contributed by atoms with Gasteiger partial charge in [0.2, 0.25) is 5.75 Å². The Kier molecular flexibility index (Phi) is 3.85. The molecule has 0 saturated carbocycles. The second-order valence-electron chi connectivity index (χ2n) is 7.41. The van der Waals surface area contributed by atoms with Crippen LogP contribution in [0.4, 0.5) is 0 Å². The van der Waals surface area contributed by atoms with Gasteiger partial charge in [0, 0.05) is 22.8 Å². The summed E-state index contributed by atoms with van der Waals surface area (Å²) >= 11 is 0. The molecule has 0 unspecified atom stereocenters. The molecule has 0 aliphatic carbocycles. The van der Waals surface area contributed by atoms with Crippen LogP contribution in [0.25, 0.3) is 0 Å². The van der Waals surface area contributed by atoms with Crippen molar-refractivity contribution >= 4 is 5.97 Å². The molecule has 5 rings (SSSR count). The minimum absolute atomic E-state index is 0.0415. The van der Waals surface area contributed by atoms with Gasteiger partial charge in [-0.25, -0.2) is 4.79 Å². The Labute approximate surface area is 174 Å². The first kappa shape index (κ1) is 18.7. The SMILES string of the molecule is O=C1O[C@H]2[C@H](c3ccc(O)cc3O[C@@H]2c2ccc(O)c(O)c2)c2c1cc(O)c(O)c2O. The molecule has 31 heavy (non-hydrogen) atoms. The van der Waals surface area contributed by atoms with Crippen molar-refractivity contribution in [3.8, 4) is 40.2 Å². The summed E-state index contributed by atoms with van der Waals surface area (Å²) in [5, 5.41) is 60.1. The summed E-state index contributed by atoms with van der Waals surface area (Å²) in [6.45, 7) is 0. The van der Waals surface area contributed by atoms with E-state index < -0.39 is 47.1 Å². The molecule has 2 heterocycles. The average Bonchev–Trinajstić information content (AvgIpc) is 2.73. The topological polar surface area (TPSA) is 157 Å². The standard InChI is InChI=1S/C22H16O9/c23-9-2-3-10-15(6-9)30-20(8-1-4-12(24)13(25)5-8)21-17(10)16-11(22(29)31-21)7-14(26)18(27)19(16)28/h1-7,17,20-21,23-28H/t17-,20-,21+/m1/s1. The lowest BCUT2D eigenvalue weighted by Crippen LogP contribution is -2.42. The zero-order valence-corrected chi connectivity index (χ0v) is 15.7.